The van der Waals surface area contributed by atoms with E-state index in [9.17, 15) is 4.79 Å². The van der Waals surface area contributed by atoms with E-state index in [4.69, 9.17) is 14.1 Å². The van der Waals surface area contributed by atoms with Gasteiger partial charge >= 0.3 is 5.63 Å². The summed E-state index contributed by atoms with van der Waals surface area (Å²) in [5.41, 5.74) is 2.28. The molecule has 5 nitrogen and oxygen atoms in total. The molecule has 0 aromatic carbocycles. The van der Waals surface area contributed by atoms with Crippen molar-refractivity contribution in [2.24, 2.45) is 0 Å². The summed E-state index contributed by atoms with van der Waals surface area (Å²) in [6.07, 6.45) is 0.771. The highest BCUT2D eigenvalue weighted by molar-refractivity contribution is 7.25. The molecule has 0 saturated carbocycles. The molecule has 0 spiro atoms. The van der Waals surface area contributed by atoms with E-state index in [0.717, 1.165) is 27.9 Å². The quantitative estimate of drug-likeness (QED) is 0.639. The third-order valence-corrected chi connectivity index (χ3v) is 4.80. The highest BCUT2D eigenvalue weighted by Crippen LogP contribution is 2.34. The van der Waals surface area contributed by atoms with E-state index in [-0.39, 0.29) is 11.2 Å². The fourth-order valence-corrected chi connectivity index (χ4v) is 3.70. The van der Waals surface area contributed by atoms with Crippen molar-refractivity contribution in [1.82, 2.24) is 9.97 Å². The molecular formula is C15H14N2O3S. The lowest BCUT2D eigenvalue weighted by atomic mass is 9.95. The van der Waals surface area contributed by atoms with E-state index in [2.05, 4.69) is 24.9 Å². The second-order valence-electron chi connectivity index (χ2n) is 5.97. The zero-order valence-electron chi connectivity index (χ0n) is 12.0. The monoisotopic (exact) mass is 302 g/mol. The van der Waals surface area contributed by atoms with Gasteiger partial charge in [0.25, 0.3) is 0 Å². The molecular weight excluding hydrogens is 288 g/mol. The third-order valence-electron chi connectivity index (χ3n) is 3.73. The normalized spacial score (nSPS) is 17.3. The third kappa shape index (κ3) is 1.98. The summed E-state index contributed by atoms with van der Waals surface area (Å²) in [6, 6.07) is 2.05. The van der Waals surface area contributed by atoms with E-state index in [1.165, 1.54) is 11.3 Å². The summed E-state index contributed by atoms with van der Waals surface area (Å²) >= 11 is 1.35. The molecule has 3 aromatic heterocycles. The minimum Gasteiger partial charge on any atom is -0.408 e. The van der Waals surface area contributed by atoms with Crippen molar-refractivity contribution in [1.29, 1.82) is 0 Å². The SMILES string of the molecule is Cc1nc2c(sc3nc4c(cc32)COC(C)(C)C4)c(=O)o1. The molecule has 0 unspecified atom stereocenters. The van der Waals surface area contributed by atoms with Crippen LogP contribution in [0.2, 0.25) is 0 Å². The maximum Gasteiger partial charge on any atom is 0.357 e. The Balaban J connectivity index is 2.05. The highest BCUT2D eigenvalue weighted by Gasteiger charge is 2.28. The van der Waals surface area contributed by atoms with Gasteiger partial charge in [-0.2, -0.15) is 0 Å². The molecule has 6 heteroatoms. The van der Waals surface area contributed by atoms with Gasteiger partial charge in [-0.15, -0.1) is 11.3 Å². The van der Waals surface area contributed by atoms with Gasteiger partial charge in [0, 0.05) is 24.3 Å². The maximum absolute atomic E-state index is 11.9. The number of thiophene rings is 1. The maximum atomic E-state index is 11.9. The number of aryl methyl sites for hydroxylation is 1. The smallest absolute Gasteiger partial charge is 0.357 e. The molecule has 0 amide bonds. The number of nitrogens with zero attached hydrogens (tertiary/aromatic N) is 2. The Labute approximate surface area is 124 Å². The van der Waals surface area contributed by atoms with Gasteiger partial charge in [-0.1, -0.05) is 0 Å². The van der Waals surface area contributed by atoms with E-state index >= 15 is 0 Å². The van der Waals surface area contributed by atoms with Gasteiger partial charge in [0.05, 0.1) is 17.9 Å². The van der Waals surface area contributed by atoms with Crippen LogP contribution in [0, 0.1) is 6.92 Å². The molecule has 108 valence electrons. The number of ether oxygens (including phenoxy) is 1. The van der Waals surface area contributed by atoms with Crippen molar-refractivity contribution in [3.63, 3.8) is 0 Å². The highest BCUT2D eigenvalue weighted by atomic mass is 32.1. The van der Waals surface area contributed by atoms with Gasteiger partial charge in [-0.25, -0.2) is 14.8 Å². The first kappa shape index (κ1) is 12.9. The number of hydrogen-bond acceptors (Lipinski definition) is 6. The van der Waals surface area contributed by atoms with Gasteiger partial charge in [-0.3, -0.25) is 0 Å². The lowest BCUT2D eigenvalue weighted by Gasteiger charge is -2.30. The molecule has 3 aromatic rings. The predicted molar refractivity (Wildman–Crippen MR) is 80.8 cm³/mol. The fourth-order valence-electron chi connectivity index (χ4n) is 2.70. The van der Waals surface area contributed by atoms with Crippen LogP contribution in [-0.2, 0) is 17.8 Å². The second-order valence-corrected chi connectivity index (χ2v) is 6.97. The van der Waals surface area contributed by atoms with E-state index < -0.39 is 0 Å². The van der Waals surface area contributed by atoms with E-state index in [1.54, 1.807) is 6.92 Å². The Hall–Kier alpha value is -1.79. The Morgan fingerprint density at radius 2 is 2.14 bits per heavy atom. The lowest BCUT2D eigenvalue weighted by molar-refractivity contribution is -0.0411. The van der Waals surface area contributed by atoms with Crippen molar-refractivity contribution in [2.45, 2.75) is 39.4 Å². The predicted octanol–water partition coefficient (Wildman–Crippen LogP) is 2.96. The zero-order valence-corrected chi connectivity index (χ0v) is 12.8. The Morgan fingerprint density at radius 1 is 1.33 bits per heavy atom. The van der Waals surface area contributed by atoms with Crippen LogP contribution in [0.15, 0.2) is 15.3 Å². The molecule has 4 rings (SSSR count). The number of hydrogen-bond donors (Lipinski definition) is 0. The minimum atomic E-state index is -0.338. The minimum absolute atomic E-state index is 0.196. The van der Waals surface area contributed by atoms with Gasteiger partial charge in [0.15, 0.2) is 5.89 Å². The molecule has 0 N–H and O–H groups in total. The number of rotatable bonds is 0. The van der Waals surface area contributed by atoms with Crippen molar-refractivity contribution in [2.75, 3.05) is 0 Å². The van der Waals surface area contributed by atoms with Crippen LogP contribution in [0.25, 0.3) is 20.4 Å². The summed E-state index contributed by atoms with van der Waals surface area (Å²) in [4.78, 5) is 21.9. The van der Waals surface area contributed by atoms with Crippen molar-refractivity contribution in [3.8, 4) is 0 Å². The van der Waals surface area contributed by atoms with Crippen LogP contribution >= 0.6 is 11.3 Å². The van der Waals surface area contributed by atoms with E-state index in [1.807, 2.05) is 0 Å². The number of fused-ring (bicyclic) bond motifs is 4. The molecule has 1 aliphatic rings. The fraction of sp³-hybridized carbons (Fsp3) is 0.400. The van der Waals surface area contributed by atoms with Crippen molar-refractivity contribution < 1.29 is 9.15 Å². The molecule has 0 radical (unpaired) electrons. The van der Waals surface area contributed by atoms with Gasteiger partial charge in [-0.05, 0) is 19.9 Å². The number of aromatic nitrogens is 2. The topological polar surface area (TPSA) is 65.2 Å². The molecule has 0 aliphatic carbocycles. The Bertz CT molecular complexity index is 939. The zero-order chi connectivity index (χ0) is 14.8. The molecule has 4 heterocycles. The van der Waals surface area contributed by atoms with Crippen molar-refractivity contribution >= 4 is 31.8 Å². The van der Waals surface area contributed by atoms with Crippen LogP contribution < -0.4 is 5.63 Å². The van der Waals surface area contributed by atoms with E-state index in [0.29, 0.717) is 22.7 Å². The standard InChI is InChI=1S/C15H14N2O3S/c1-7-16-11-9-4-8-6-19-15(2,3)5-10(8)17-13(9)21-12(11)14(18)20-7/h4H,5-6H2,1-3H3. The first-order valence-electron chi connectivity index (χ1n) is 6.80. The van der Waals surface area contributed by atoms with Crippen LogP contribution in [0.1, 0.15) is 31.0 Å². The van der Waals surface area contributed by atoms with Crippen molar-refractivity contribution in [3.05, 3.63) is 33.6 Å². The molecule has 0 saturated heterocycles. The van der Waals surface area contributed by atoms with Gasteiger partial charge in [0.1, 0.15) is 15.0 Å². The Kier molecular flexibility index (Phi) is 2.53. The van der Waals surface area contributed by atoms with Crippen LogP contribution in [0.5, 0.6) is 0 Å². The van der Waals surface area contributed by atoms with Gasteiger partial charge in [0.2, 0.25) is 0 Å². The molecule has 21 heavy (non-hydrogen) atoms. The lowest BCUT2D eigenvalue weighted by Crippen LogP contribution is -2.32. The molecule has 1 aliphatic heterocycles. The summed E-state index contributed by atoms with van der Waals surface area (Å²) in [7, 11) is 0. The summed E-state index contributed by atoms with van der Waals surface area (Å²) in [5.74, 6) is 0.377. The first-order chi connectivity index (χ1) is 9.93. The second kappa shape index (κ2) is 4.11. The summed E-state index contributed by atoms with van der Waals surface area (Å²) < 4.78 is 11.4. The summed E-state index contributed by atoms with van der Waals surface area (Å²) in [6.45, 7) is 6.35. The molecule has 0 bridgehead atoms. The van der Waals surface area contributed by atoms with Crippen LogP contribution in [0.4, 0.5) is 0 Å². The average molecular weight is 302 g/mol. The van der Waals surface area contributed by atoms with Crippen LogP contribution in [0.3, 0.4) is 0 Å². The van der Waals surface area contributed by atoms with Crippen LogP contribution in [-0.4, -0.2) is 15.6 Å². The molecule has 0 atom stereocenters. The summed E-state index contributed by atoms with van der Waals surface area (Å²) in [5, 5.41) is 0.910. The Morgan fingerprint density at radius 3 is 2.95 bits per heavy atom. The first-order valence-corrected chi connectivity index (χ1v) is 7.61. The van der Waals surface area contributed by atoms with Gasteiger partial charge < -0.3 is 9.15 Å². The average Bonchev–Trinajstić information content (AvgIpc) is 2.73. The molecule has 0 fully saturated rings. The number of pyridine rings is 1. The largest absolute Gasteiger partial charge is 0.408 e.